The normalized spacial score (nSPS) is 11.2. The van der Waals surface area contributed by atoms with Crippen LogP contribution in [-0.2, 0) is 0 Å². The molecule has 0 unspecified atom stereocenters. The molecule has 96 valence electrons. The number of nitrogens with zero attached hydrogens (tertiary/aromatic N) is 2. The zero-order chi connectivity index (χ0) is 13.5. The van der Waals surface area contributed by atoms with Crippen LogP contribution in [0.15, 0.2) is 54.6 Å². The summed E-state index contributed by atoms with van der Waals surface area (Å²) in [6, 6.07) is 18.1. The van der Waals surface area contributed by atoms with Crippen LogP contribution in [0.4, 0.5) is 5.82 Å². The van der Waals surface area contributed by atoms with Gasteiger partial charge < -0.3 is 5.73 Å². The molecule has 0 fully saturated rings. The molecular weight excluding hydrogens is 266 g/mol. The Hall–Kier alpha value is -2.46. The first-order valence-electron chi connectivity index (χ1n) is 6.33. The molecular formula is C16H11N3S. The molecule has 2 N–H and O–H groups in total. The van der Waals surface area contributed by atoms with E-state index in [1.54, 1.807) is 11.3 Å². The van der Waals surface area contributed by atoms with Gasteiger partial charge in [-0.15, -0.1) is 11.3 Å². The van der Waals surface area contributed by atoms with Gasteiger partial charge in [0.05, 0.1) is 10.2 Å². The molecule has 0 atom stereocenters. The lowest BCUT2D eigenvalue weighted by atomic mass is 10.2. The molecule has 4 aromatic rings. The van der Waals surface area contributed by atoms with Crippen LogP contribution in [0.1, 0.15) is 0 Å². The lowest BCUT2D eigenvalue weighted by molar-refractivity contribution is 1.24. The minimum Gasteiger partial charge on any atom is -0.382 e. The number of nitrogen functional groups attached to an aromatic ring is 1. The maximum atomic E-state index is 6.12. The summed E-state index contributed by atoms with van der Waals surface area (Å²) < 4.78 is 2.15. The van der Waals surface area contributed by atoms with E-state index in [1.807, 2.05) is 42.5 Å². The molecule has 2 heterocycles. The number of nitrogens with two attached hydrogens (primary N) is 1. The standard InChI is InChI=1S/C16H11N3S/c17-15-14-13(11-8-4-5-9-12(11)20-14)18-16(19-15)10-6-2-1-3-7-10/h1-9H,(H2,17,18,19). The van der Waals surface area contributed by atoms with Gasteiger partial charge in [-0.3, -0.25) is 0 Å². The average Bonchev–Trinajstić information content (AvgIpc) is 2.88. The summed E-state index contributed by atoms with van der Waals surface area (Å²) in [4.78, 5) is 9.16. The lowest BCUT2D eigenvalue weighted by Crippen LogP contribution is -1.95. The van der Waals surface area contributed by atoms with Crippen LogP contribution in [-0.4, -0.2) is 9.97 Å². The third-order valence-corrected chi connectivity index (χ3v) is 4.46. The number of rotatable bonds is 1. The minimum atomic E-state index is 0.551. The summed E-state index contributed by atoms with van der Waals surface area (Å²) in [6.45, 7) is 0. The van der Waals surface area contributed by atoms with Crippen LogP contribution >= 0.6 is 11.3 Å². The molecule has 3 nitrogen and oxygen atoms in total. The maximum Gasteiger partial charge on any atom is 0.162 e. The molecule has 0 radical (unpaired) electrons. The number of aromatic nitrogens is 2. The van der Waals surface area contributed by atoms with Crippen molar-refractivity contribution in [1.29, 1.82) is 0 Å². The molecule has 0 bridgehead atoms. The predicted molar refractivity (Wildman–Crippen MR) is 84.8 cm³/mol. The van der Waals surface area contributed by atoms with Gasteiger partial charge >= 0.3 is 0 Å². The smallest absolute Gasteiger partial charge is 0.162 e. The van der Waals surface area contributed by atoms with Gasteiger partial charge in [-0.25, -0.2) is 9.97 Å². The molecule has 4 heteroatoms. The average molecular weight is 277 g/mol. The number of hydrogen-bond acceptors (Lipinski definition) is 4. The van der Waals surface area contributed by atoms with Crippen molar-refractivity contribution in [3.05, 3.63) is 54.6 Å². The monoisotopic (exact) mass is 277 g/mol. The SMILES string of the molecule is Nc1nc(-c2ccccc2)nc2c1sc1ccccc12. The van der Waals surface area contributed by atoms with Crippen molar-refractivity contribution in [1.82, 2.24) is 9.97 Å². The van der Waals surface area contributed by atoms with Crippen molar-refractivity contribution < 1.29 is 0 Å². The van der Waals surface area contributed by atoms with Gasteiger partial charge in [0.2, 0.25) is 0 Å². The summed E-state index contributed by atoms with van der Waals surface area (Å²) in [5, 5.41) is 1.14. The molecule has 0 aliphatic rings. The molecule has 0 spiro atoms. The highest BCUT2D eigenvalue weighted by atomic mass is 32.1. The van der Waals surface area contributed by atoms with E-state index >= 15 is 0 Å². The van der Waals surface area contributed by atoms with Crippen LogP contribution in [0.25, 0.3) is 31.7 Å². The van der Waals surface area contributed by atoms with E-state index in [-0.39, 0.29) is 0 Å². The van der Waals surface area contributed by atoms with Gasteiger partial charge in [-0.1, -0.05) is 48.5 Å². The van der Waals surface area contributed by atoms with Gasteiger partial charge in [0, 0.05) is 15.6 Å². The van der Waals surface area contributed by atoms with Gasteiger partial charge in [-0.2, -0.15) is 0 Å². The van der Waals surface area contributed by atoms with Gasteiger partial charge in [0.1, 0.15) is 5.82 Å². The highest BCUT2D eigenvalue weighted by molar-refractivity contribution is 7.26. The second-order valence-electron chi connectivity index (χ2n) is 4.57. The summed E-state index contributed by atoms with van der Waals surface area (Å²) in [7, 11) is 0. The molecule has 0 saturated carbocycles. The van der Waals surface area contributed by atoms with E-state index in [2.05, 4.69) is 17.1 Å². The first-order chi connectivity index (χ1) is 9.83. The quantitative estimate of drug-likeness (QED) is 0.570. The van der Waals surface area contributed by atoms with Crippen molar-refractivity contribution >= 4 is 37.5 Å². The van der Waals surface area contributed by atoms with Crippen molar-refractivity contribution in [2.45, 2.75) is 0 Å². The Morgan fingerprint density at radius 1 is 0.850 bits per heavy atom. The van der Waals surface area contributed by atoms with E-state index in [4.69, 9.17) is 10.7 Å². The zero-order valence-electron chi connectivity index (χ0n) is 10.6. The largest absolute Gasteiger partial charge is 0.382 e. The minimum absolute atomic E-state index is 0.551. The Balaban J connectivity index is 2.08. The first-order valence-corrected chi connectivity index (χ1v) is 7.15. The van der Waals surface area contributed by atoms with Gasteiger partial charge in [-0.05, 0) is 6.07 Å². The Morgan fingerprint density at radius 3 is 2.45 bits per heavy atom. The Bertz CT molecular complexity index is 913. The third kappa shape index (κ3) is 1.66. The Labute approximate surface area is 119 Å². The molecule has 0 amide bonds. The number of anilines is 1. The van der Waals surface area contributed by atoms with Crippen molar-refractivity contribution in [3.8, 4) is 11.4 Å². The molecule has 4 rings (SSSR count). The summed E-state index contributed by atoms with van der Waals surface area (Å²) in [6.07, 6.45) is 0. The third-order valence-electron chi connectivity index (χ3n) is 3.28. The second-order valence-corrected chi connectivity index (χ2v) is 5.63. The van der Waals surface area contributed by atoms with Crippen molar-refractivity contribution in [3.63, 3.8) is 0 Å². The molecule has 0 aliphatic carbocycles. The highest BCUT2D eigenvalue weighted by Crippen LogP contribution is 2.36. The van der Waals surface area contributed by atoms with E-state index in [9.17, 15) is 0 Å². The molecule has 0 saturated heterocycles. The molecule has 0 aliphatic heterocycles. The van der Waals surface area contributed by atoms with Crippen LogP contribution in [0.2, 0.25) is 0 Å². The number of benzene rings is 2. The highest BCUT2D eigenvalue weighted by Gasteiger charge is 2.12. The van der Waals surface area contributed by atoms with E-state index in [0.717, 1.165) is 21.2 Å². The van der Waals surface area contributed by atoms with Crippen molar-refractivity contribution in [2.24, 2.45) is 0 Å². The summed E-state index contributed by atoms with van der Waals surface area (Å²) in [5.41, 5.74) is 8.04. The fraction of sp³-hybridized carbons (Fsp3) is 0. The van der Waals surface area contributed by atoms with Crippen LogP contribution in [0.3, 0.4) is 0 Å². The summed E-state index contributed by atoms with van der Waals surface area (Å²) >= 11 is 1.64. The van der Waals surface area contributed by atoms with Gasteiger partial charge in [0.15, 0.2) is 5.82 Å². The Kier molecular flexibility index (Phi) is 2.44. The van der Waals surface area contributed by atoms with Crippen LogP contribution in [0, 0.1) is 0 Å². The van der Waals surface area contributed by atoms with Gasteiger partial charge in [0.25, 0.3) is 0 Å². The zero-order valence-corrected chi connectivity index (χ0v) is 11.4. The first kappa shape index (κ1) is 11.4. The molecule has 2 aromatic heterocycles. The topological polar surface area (TPSA) is 51.8 Å². The van der Waals surface area contributed by atoms with Crippen molar-refractivity contribution in [2.75, 3.05) is 5.73 Å². The molecule has 2 aromatic carbocycles. The number of hydrogen-bond donors (Lipinski definition) is 1. The van der Waals surface area contributed by atoms with E-state index in [0.29, 0.717) is 11.6 Å². The van der Waals surface area contributed by atoms with E-state index < -0.39 is 0 Å². The fourth-order valence-corrected chi connectivity index (χ4v) is 3.37. The van der Waals surface area contributed by atoms with E-state index in [1.165, 1.54) is 4.70 Å². The molecule has 20 heavy (non-hydrogen) atoms. The fourth-order valence-electron chi connectivity index (χ4n) is 2.33. The van der Waals surface area contributed by atoms with Crippen LogP contribution < -0.4 is 5.73 Å². The number of thiophene rings is 1. The lowest BCUT2D eigenvalue weighted by Gasteiger charge is -2.02. The number of fused-ring (bicyclic) bond motifs is 3. The maximum absolute atomic E-state index is 6.12. The summed E-state index contributed by atoms with van der Waals surface area (Å²) in [5.74, 6) is 1.23. The predicted octanol–water partition coefficient (Wildman–Crippen LogP) is 4.09. The second kappa shape index (κ2) is 4.28. The van der Waals surface area contributed by atoms with Crippen LogP contribution in [0.5, 0.6) is 0 Å². The Morgan fingerprint density at radius 2 is 1.60 bits per heavy atom.